The summed E-state index contributed by atoms with van der Waals surface area (Å²) in [6.07, 6.45) is 1.70. The Hall–Kier alpha value is -2.58. The van der Waals surface area contributed by atoms with E-state index < -0.39 is 0 Å². The average Bonchev–Trinajstić information content (AvgIpc) is 2.67. The lowest BCUT2D eigenvalue weighted by Crippen LogP contribution is -1.96. The molecule has 0 amide bonds. The van der Waals surface area contributed by atoms with Crippen molar-refractivity contribution in [3.8, 4) is 16.9 Å². The second kappa shape index (κ2) is 8.32. The highest BCUT2D eigenvalue weighted by molar-refractivity contribution is 5.63. The molecule has 3 rings (SSSR count). The van der Waals surface area contributed by atoms with Gasteiger partial charge in [-0.1, -0.05) is 66.7 Å². The summed E-state index contributed by atoms with van der Waals surface area (Å²) in [5.74, 6) is 0.870. The molecule has 0 aromatic heterocycles. The van der Waals surface area contributed by atoms with Crippen LogP contribution in [-0.2, 0) is 13.0 Å². The van der Waals surface area contributed by atoms with E-state index in [1.54, 1.807) is 0 Å². The first-order valence-corrected chi connectivity index (χ1v) is 8.32. The molecule has 0 aliphatic heterocycles. The van der Waals surface area contributed by atoms with E-state index in [9.17, 15) is 0 Å². The second-order valence-electron chi connectivity index (χ2n) is 5.82. The fourth-order valence-electron chi connectivity index (χ4n) is 2.63. The van der Waals surface area contributed by atoms with Gasteiger partial charge in [0.2, 0.25) is 0 Å². The standard InChI is InChI=1S/C22H22O2/c23-16-4-5-18-10-14-22(15-11-18)24-17-19-8-12-21(13-9-19)20-6-2-1-3-7-20/h1-3,6-15,23H,4-5,16-17H2. The maximum Gasteiger partial charge on any atom is 0.119 e. The van der Waals surface area contributed by atoms with Gasteiger partial charge in [0, 0.05) is 6.61 Å². The Bertz CT molecular complexity index is 731. The zero-order chi connectivity index (χ0) is 16.6. The van der Waals surface area contributed by atoms with Crippen molar-refractivity contribution in [1.29, 1.82) is 0 Å². The zero-order valence-corrected chi connectivity index (χ0v) is 13.7. The minimum Gasteiger partial charge on any atom is -0.489 e. The van der Waals surface area contributed by atoms with E-state index in [0.29, 0.717) is 6.61 Å². The highest BCUT2D eigenvalue weighted by Gasteiger charge is 2.00. The highest BCUT2D eigenvalue weighted by Crippen LogP contribution is 2.20. The molecule has 0 heterocycles. The van der Waals surface area contributed by atoms with Crippen LogP contribution < -0.4 is 4.74 Å². The van der Waals surface area contributed by atoms with Crippen molar-refractivity contribution in [3.05, 3.63) is 90.0 Å². The molecule has 0 atom stereocenters. The molecule has 0 saturated carbocycles. The number of benzene rings is 3. The molecule has 1 N–H and O–H groups in total. The van der Waals surface area contributed by atoms with E-state index >= 15 is 0 Å². The number of hydrogen-bond donors (Lipinski definition) is 1. The fraction of sp³-hybridized carbons (Fsp3) is 0.182. The molecule has 0 aliphatic carbocycles. The lowest BCUT2D eigenvalue weighted by molar-refractivity contribution is 0.288. The van der Waals surface area contributed by atoms with Crippen LogP contribution in [0.4, 0.5) is 0 Å². The van der Waals surface area contributed by atoms with Crippen LogP contribution >= 0.6 is 0 Å². The molecule has 2 heteroatoms. The van der Waals surface area contributed by atoms with Crippen molar-refractivity contribution in [2.24, 2.45) is 0 Å². The van der Waals surface area contributed by atoms with Gasteiger partial charge in [-0.3, -0.25) is 0 Å². The minimum atomic E-state index is 0.233. The van der Waals surface area contributed by atoms with E-state index in [0.717, 1.165) is 24.2 Å². The predicted octanol–water partition coefficient (Wildman–Crippen LogP) is 4.86. The Labute approximate surface area is 143 Å². The predicted molar refractivity (Wildman–Crippen MR) is 98.1 cm³/mol. The average molecular weight is 318 g/mol. The number of ether oxygens (including phenoxy) is 1. The van der Waals surface area contributed by atoms with Gasteiger partial charge in [0.15, 0.2) is 0 Å². The van der Waals surface area contributed by atoms with Crippen molar-refractivity contribution in [3.63, 3.8) is 0 Å². The summed E-state index contributed by atoms with van der Waals surface area (Å²) in [5, 5.41) is 8.86. The molecule has 3 aromatic rings. The minimum absolute atomic E-state index is 0.233. The maximum atomic E-state index is 8.86. The zero-order valence-electron chi connectivity index (χ0n) is 13.7. The molecular weight excluding hydrogens is 296 g/mol. The van der Waals surface area contributed by atoms with Crippen LogP contribution in [0.5, 0.6) is 5.75 Å². The van der Waals surface area contributed by atoms with E-state index in [1.165, 1.54) is 16.7 Å². The van der Waals surface area contributed by atoms with E-state index in [-0.39, 0.29) is 6.61 Å². The van der Waals surface area contributed by atoms with Crippen LogP contribution in [0.3, 0.4) is 0 Å². The molecule has 0 aliphatic rings. The Balaban J connectivity index is 1.57. The molecule has 24 heavy (non-hydrogen) atoms. The summed E-state index contributed by atoms with van der Waals surface area (Å²) in [6, 6.07) is 26.9. The number of aryl methyl sites for hydroxylation is 1. The second-order valence-corrected chi connectivity index (χ2v) is 5.82. The molecule has 3 aromatic carbocycles. The smallest absolute Gasteiger partial charge is 0.119 e. The Kier molecular flexibility index (Phi) is 5.65. The summed E-state index contributed by atoms with van der Waals surface area (Å²) in [4.78, 5) is 0. The van der Waals surface area contributed by atoms with Crippen molar-refractivity contribution < 1.29 is 9.84 Å². The molecule has 0 spiro atoms. The third kappa shape index (κ3) is 4.46. The Morgan fingerprint density at radius 3 is 1.96 bits per heavy atom. The van der Waals surface area contributed by atoms with Crippen molar-refractivity contribution in [2.45, 2.75) is 19.4 Å². The maximum absolute atomic E-state index is 8.86. The molecule has 122 valence electrons. The van der Waals surface area contributed by atoms with Gasteiger partial charge in [0.25, 0.3) is 0 Å². The van der Waals surface area contributed by atoms with Gasteiger partial charge in [-0.05, 0) is 47.2 Å². The number of aliphatic hydroxyl groups excluding tert-OH is 1. The topological polar surface area (TPSA) is 29.5 Å². The first-order valence-electron chi connectivity index (χ1n) is 8.32. The molecule has 0 radical (unpaired) electrons. The van der Waals surface area contributed by atoms with Crippen molar-refractivity contribution >= 4 is 0 Å². The van der Waals surface area contributed by atoms with Crippen LogP contribution in [0.25, 0.3) is 11.1 Å². The highest BCUT2D eigenvalue weighted by atomic mass is 16.5. The summed E-state index contributed by atoms with van der Waals surface area (Å²) in [6.45, 7) is 0.794. The molecule has 0 unspecified atom stereocenters. The van der Waals surface area contributed by atoms with E-state index in [2.05, 4.69) is 60.7 Å². The van der Waals surface area contributed by atoms with Gasteiger partial charge in [0.1, 0.15) is 12.4 Å². The third-order valence-electron chi connectivity index (χ3n) is 4.01. The quantitative estimate of drug-likeness (QED) is 0.674. The molecule has 0 bridgehead atoms. The number of hydrogen-bond acceptors (Lipinski definition) is 2. The molecule has 2 nitrogen and oxygen atoms in total. The fourth-order valence-corrected chi connectivity index (χ4v) is 2.63. The van der Waals surface area contributed by atoms with Gasteiger partial charge >= 0.3 is 0 Å². The first-order chi connectivity index (χ1) is 11.8. The van der Waals surface area contributed by atoms with Gasteiger partial charge < -0.3 is 9.84 Å². The molecule has 0 saturated heterocycles. The summed E-state index contributed by atoms with van der Waals surface area (Å²) in [7, 11) is 0. The van der Waals surface area contributed by atoms with Gasteiger partial charge in [0.05, 0.1) is 0 Å². The van der Waals surface area contributed by atoms with Crippen molar-refractivity contribution in [2.75, 3.05) is 6.61 Å². The van der Waals surface area contributed by atoms with Crippen LogP contribution in [0.1, 0.15) is 17.5 Å². The monoisotopic (exact) mass is 318 g/mol. The summed E-state index contributed by atoms with van der Waals surface area (Å²) >= 11 is 0. The normalized spacial score (nSPS) is 10.5. The van der Waals surface area contributed by atoms with Crippen LogP contribution in [0.15, 0.2) is 78.9 Å². The number of aliphatic hydroxyl groups is 1. The lowest BCUT2D eigenvalue weighted by Gasteiger charge is -2.08. The van der Waals surface area contributed by atoms with E-state index in [4.69, 9.17) is 9.84 Å². The van der Waals surface area contributed by atoms with E-state index in [1.807, 2.05) is 18.2 Å². The first kappa shape index (κ1) is 16.3. The SMILES string of the molecule is OCCCc1ccc(OCc2ccc(-c3ccccc3)cc2)cc1. The van der Waals surface area contributed by atoms with Gasteiger partial charge in [-0.15, -0.1) is 0 Å². The Morgan fingerprint density at radius 1 is 0.667 bits per heavy atom. The van der Waals surface area contributed by atoms with Crippen LogP contribution in [0, 0.1) is 0 Å². The molecular formula is C22H22O2. The van der Waals surface area contributed by atoms with Gasteiger partial charge in [-0.25, -0.2) is 0 Å². The third-order valence-corrected chi connectivity index (χ3v) is 4.01. The van der Waals surface area contributed by atoms with Crippen LogP contribution in [-0.4, -0.2) is 11.7 Å². The molecule has 0 fully saturated rings. The lowest BCUT2D eigenvalue weighted by atomic mass is 10.0. The van der Waals surface area contributed by atoms with Crippen molar-refractivity contribution in [1.82, 2.24) is 0 Å². The number of rotatable bonds is 7. The Morgan fingerprint density at radius 2 is 1.29 bits per heavy atom. The largest absolute Gasteiger partial charge is 0.489 e. The summed E-state index contributed by atoms with van der Waals surface area (Å²) < 4.78 is 5.85. The van der Waals surface area contributed by atoms with Gasteiger partial charge in [-0.2, -0.15) is 0 Å². The summed E-state index contributed by atoms with van der Waals surface area (Å²) in [5.41, 5.74) is 4.82. The van der Waals surface area contributed by atoms with Crippen LogP contribution in [0.2, 0.25) is 0 Å².